The van der Waals surface area contributed by atoms with Gasteiger partial charge in [-0.1, -0.05) is 103 Å². The smallest absolute Gasteiger partial charge is 0.222 e. The summed E-state index contributed by atoms with van der Waals surface area (Å²) in [4.78, 5) is 5.44. The molecular weight excluding hydrogens is 611 g/mol. The van der Waals surface area contributed by atoms with Crippen LogP contribution in [0.25, 0.3) is 88.9 Å². The van der Waals surface area contributed by atoms with E-state index in [9.17, 15) is 0 Å². The summed E-state index contributed by atoms with van der Waals surface area (Å²) in [6.45, 7) is 0. The highest BCUT2D eigenvalue weighted by Crippen LogP contribution is 2.39. The first-order valence-electron chi connectivity index (χ1n) is 17.0. The van der Waals surface area contributed by atoms with Gasteiger partial charge in [-0.25, -0.2) is 0 Å². The molecule has 4 aromatic heterocycles. The highest BCUT2D eigenvalue weighted by atomic mass is 15.2. The molecule has 11 rings (SSSR count). The van der Waals surface area contributed by atoms with E-state index in [1.807, 2.05) is 0 Å². The minimum absolute atomic E-state index is 0.894. The molecule has 0 atom stereocenters. The third-order valence-electron chi connectivity index (χ3n) is 10.2. The van der Waals surface area contributed by atoms with Crippen molar-refractivity contribution in [2.75, 3.05) is 0 Å². The lowest BCUT2D eigenvalue weighted by Crippen LogP contribution is -1.97. The lowest BCUT2D eigenvalue weighted by molar-refractivity contribution is 1.09. The summed E-state index contributed by atoms with van der Waals surface area (Å²) in [5, 5.41) is 3.67. The molecule has 0 aliphatic rings. The predicted octanol–water partition coefficient (Wildman–Crippen LogP) is 11.1. The van der Waals surface area contributed by atoms with Crippen molar-refractivity contribution in [2.45, 2.75) is 0 Å². The zero-order valence-corrected chi connectivity index (χ0v) is 27.0. The van der Waals surface area contributed by atoms with Crippen molar-refractivity contribution >= 4 is 60.7 Å². The fraction of sp³-hybridized carbons (Fsp3) is 0. The maximum absolute atomic E-state index is 5.44. The molecule has 0 aliphatic carbocycles. The highest BCUT2D eigenvalue weighted by Gasteiger charge is 2.24. The van der Waals surface area contributed by atoms with Gasteiger partial charge in [-0.05, 0) is 83.9 Å². The molecule has 0 amide bonds. The van der Waals surface area contributed by atoms with Crippen molar-refractivity contribution in [3.05, 3.63) is 176 Å². The molecule has 0 fully saturated rings. The topological polar surface area (TPSA) is 32.1 Å². The molecule has 0 saturated heterocycles. The van der Waals surface area contributed by atoms with Crippen LogP contribution in [0.1, 0.15) is 0 Å². The lowest BCUT2D eigenvalue weighted by Gasteiger charge is -2.09. The number of benzene rings is 7. The highest BCUT2D eigenvalue weighted by molar-refractivity contribution is 6.11. The molecule has 0 unspecified atom stereocenters. The molecular formula is C45H29N5. The Morgan fingerprint density at radius 3 is 1.52 bits per heavy atom. The quantitative estimate of drug-likeness (QED) is 0.189. The zero-order chi connectivity index (χ0) is 32.8. The van der Waals surface area contributed by atoms with Crippen LogP contribution in [-0.4, -0.2) is 23.1 Å². The van der Waals surface area contributed by atoms with Crippen molar-refractivity contribution in [2.24, 2.45) is 0 Å². The fourth-order valence-corrected chi connectivity index (χ4v) is 8.01. The number of rotatable bonds is 4. The predicted molar refractivity (Wildman–Crippen MR) is 206 cm³/mol. The second-order valence-corrected chi connectivity index (χ2v) is 12.9. The molecule has 0 bridgehead atoms. The number of para-hydroxylation sites is 5. The van der Waals surface area contributed by atoms with E-state index in [4.69, 9.17) is 4.98 Å². The Labute approximate surface area is 287 Å². The van der Waals surface area contributed by atoms with Crippen LogP contribution in [0.5, 0.6) is 0 Å². The van der Waals surface area contributed by atoms with Gasteiger partial charge in [0.05, 0.1) is 27.6 Å². The number of hydrogen-bond acceptors (Lipinski definition) is 1. The number of aromatic nitrogens is 5. The molecule has 5 heteroatoms. The van der Waals surface area contributed by atoms with Gasteiger partial charge in [-0.3, -0.25) is 13.5 Å². The lowest BCUT2D eigenvalue weighted by atomic mass is 10.0. The van der Waals surface area contributed by atoms with Crippen molar-refractivity contribution < 1.29 is 0 Å². The second kappa shape index (κ2) is 10.3. The van der Waals surface area contributed by atoms with Gasteiger partial charge in [0.25, 0.3) is 0 Å². The van der Waals surface area contributed by atoms with E-state index in [1.54, 1.807) is 0 Å². The van der Waals surface area contributed by atoms with Gasteiger partial charge in [-0.2, -0.15) is 4.98 Å². The zero-order valence-electron chi connectivity index (χ0n) is 27.0. The normalized spacial score (nSPS) is 12.0. The largest absolute Gasteiger partial charge is 0.309 e. The van der Waals surface area contributed by atoms with E-state index in [0.29, 0.717) is 0 Å². The molecule has 0 aliphatic heterocycles. The molecule has 5 nitrogen and oxygen atoms in total. The number of fused-ring (bicyclic) bond motifs is 10. The minimum Gasteiger partial charge on any atom is -0.309 e. The summed E-state index contributed by atoms with van der Waals surface area (Å²) in [5.74, 6) is 0.894. The standard InChI is InChI=1S/C45H29N5/c1-4-14-32(15-5-1)47-38-22-12-10-20-35(38)37-28-30(24-26-40(37)47)31-25-27-41-42(29-31)49(34-18-8-3-9-19-34)45-46-44-43(50(41)45)36-21-11-13-23-39(36)48(44)33-16-6-2-7-17-33/h1-29H. The first-order valence-corrected chi connectivity index (χ1v) is 17.0. The van der Waals surface area contributed by atoms with Crippen LogP contribution < -0.4 is 0 Å². The van der Waals surface area contributed by atoms with Crippen molar-refractivity contribution in [1.29, 1.82) is 0 Å². The maximum Gasteiger partial charge on any atom is 0.222 e. The van der Waals surface area contributed by atoms with Crippen LogP contribution in [-0.2, 0) is 0 Å². The first-order chi connectivity index (χ1) is 24.8. The van der Waals surface area contributed by atoms with Crippen LogP contribution in [0.3, 0.4) is 0 Å². The van der Waals surface area contributed by atoms with E-state index >= 15 is 0 Å². The Balaban J connectivity index is 1.19. The Kier molecular flexibility index (Phi) is 5.60. The van der Waals surface area contributed by atoms with E-state index in [-0.39, 0.29) is 0 Å². The molecule has 11 aromatic rings. The Morgan fingerprint density at radius 1 is 0.340 bits per heavy atom. The second-order valence-electron chi connectivity index (χ2n) is 12.9. The van der Waals surface area contributed by atoms with Gasteiger partial charge < -0.3 is 4.57 Å². The van der Waals surface area contributed by atoms with Crippen molar-refractivity contribution in [3.8, 4) is 28.2 Å². The molecule has 0 saturated carbocycles. The third kappa shape index (κ3) is 3.74. The maximum atomic E-state index is 5.44. The SMILES string of the molecule is c1ccc(-n2c3ccccc3c3cc(-c4ccc5c(c4)n(-c4ccccc4)c4nc6c(c7ccccc7n6-c6ccccc6)n54)ccc32)cc1. The van der Waals surface area contributed by atoms with Gasteiger partial charge in [0.1, 0.15) is 5.52 Å². The number of imidazole rings is 2. The van der Waals surface area contributed by atoms with Crippen LogP contribution in [0.15, 0.2) is 176 Å². The van der Waals surface area contributed by atoms with Gasteiger partial charge in [0.15, 0.2) is 5.65 Å². The molecule has 0 radical (unpaired) electrons. The molecule has 0 spiro atoms. The van der Waals surface area contributed by atoms with E-state index in [1.165, 1.54) is 32.8 Å². The van der Waals surface area contributed by atoms with Crippen molar-refractivity contribution in [3.63, 3.8) is 0 Å². The Bertz CT molecular complexity index is 3070. The number of hydrogen-bond donors (Lipinski definition) is 0. The van der Waals surface area contributed by atoms with E-state index < -0.39 is 0 Å². The van der Waals surface area contributed by atoms with Crippen LogP contribution in [0.2, 0.25) is 0 Å². The Morgan fingerprint density at radius 2 is 0.840 bits per heavy atom. The van der Waals surface area contributed by atoms with E-state index in [2.05, 4.69) is 194 Å². The number of nitrogens with zero attached hydrogens (tertiary/aromatic N) is 5. The monoisotopic (exact) mass is 639 g/mol. The average molecular weight is 640 g/mol. The van der Waals surface area contributed by atoms with E-state index in [0.717, 1.165) is 56.1 Å². The summed E-state index contributed by atoms with van der Waals surface area (Å²) < 4.78 is 9.31. The molecule has 7 aromatic carbocycles. The van der Waals surface area contributed by atoms with Crippen LogP contribution >= 0.6 is 0 Å². The summed E-state index contributed by atoms with van der Waals surface area (Å²) in [6.07, 6.45) is 0. The van der Waals surface area contributed by atoms with Gasteiger partial charge in [0.2, 0.25) is 5.78 Å². The molecule has 0 N–H and O–H groups in total. The third-order valence-corrected chi connectivity index (χ3v) is 10.2. The minimum atomic E-state index is 0.894. The summed E-state index contributed by atoms with van der Waals surface area (Å²) in [5.41, 5.74) is 13.5. The summed E-state index contributed by atoms with van der Waals surface area (Å²) >= 11 is 0. The molecule has 4 heterocycles. The van der Waals surface area contributed by atoms with Gasteiger partial charge in [-0.15, -0.1) is 0 Å². The summed E-state index contributed by atoms with van der Waals surface area (Å²) in [6, 6.07) is 62.8. The van der Waals surface area contributed by atoms with Gasteiger partial charge >= 0.3 is 0 Å². The molecule has 50 heavy (non-hydrogen) atoms. The molecule has 234 valence electrons. The summed E-state index contributed by atoms with van der Waals surface area (Å²) in [7, 11) is 0. The van der Waals surface area contributed by atoms with Crippen molar-refractivity contribution in [1.82, 2.24) is 23.1 Å². The van der Waals surface area contributed by atoms with Gasteiger partial charge in [0, 0.05) is 33.2 Å². The van der Waals surface area contributed by atoms with Crippen LogP contribution in [0.4, 0.5) is 0 Å². The fourth-order valence-electron chi connectivity index (χ4n) is 8.01. The Hall–Kier alpha value is -6.85. The van der Waals surface area contributed by atoms with Crippen LogP contribution in [0, 0.1) is 0 Å². The first kappa shape index (κ1) is 27.1. The average Bonchev–Trinajstić information content (AvgIpc) is 3.90.